The molecule has 1 fully saturated rings. The predicted octanol–water partition coefficient (Wildman–Crippen LogP) is 5.10. The number of rotatable bonds is 5. The van der Waals surface area contributed by atoms with Crippen LogP contribution in [0.5, 0.6) is 0 Å². The molecule has 3 aromatic rings. The van der Waals surface area contributed by atoms with Crippen LogP contribution in [0.15, 0.2) is 75.0 Å². The van der Waals surface area contributed by atoms with Crippen molar-refractivity contribution in [3.05, 3.63) is 65.3 Å². The van der Waals surface area contributed by atoms with Gasteiger partial charge in [0, 0.05) is 22.9 Å². The van der Waals surface area contributed by atoms with Gasteiger partial charge in [0.1, 0.15) is 11.3 Å². The van der Waals surface area contributed by atoms with Crippen molar-refractivity contribution in [2.75, 3.05) is 6.54 Å². The van der Waals surface area contributed by atoms with E-state index in [0.29, 0.717) is 18.4 Å². The molecule has 27 heavy (non-hydrogen) atoms. The van der Waals surface area contributed by atoms with Crippen LogP contribution in [0.1, 0.15) is 12.8 Å². The largest absolute Gasteiger partial charge is 0.454 e. The fraction of sp³-hybridized carbons (Fsp3) is 0.273. The van der Waals surface area contributed by atoms with Gasteiger partial charge in [-0.3, -0.25) is 4.99 Å². The Hall–Kier alpha value is -2.66. The van der Waals surface area contributed by atoms with E-state index in [1.807, 2.05) is 22.9 Å². The summed E-state index contributed by atoms with van der Waals surface area (Å²) in [5, 5.41) is 8.01. The fourth-order valence-electron chi connectivity index (χ4n) is 4.09. The molecule has 0 saturated heterocycles. The molecule has 2 bridgehead atoms. The van der Waals surface area contributed by atoms with Gasteiger partial charge in [-0.15, -0.1) is 17.9 Å². The second-order valence-corrected chi connectivity index (χ2v) is 8.04. The molecule has 136 valence electrons. The molecule has 1 saturated carbocycles. The molecule has 0 spiro atoms. The maximum absolute atomic E-state index is 6.07. The van der Waals surface area contributed by atoms with Crippen molar-refractivity contribution in [2.24, 2.45) is 27.8 Å². The minimum absolute atomic E-state index is 0.517. The van der Waals surface area contributed by atoms with Crippen LogP contribution < -0.4 is 4.80 Å². The van der Waals surface area contributed by atoms with Gasteiger partial charge in [0.25, 0.3) is 0 Å². The number of furan rings is 1. The Kier molecular flexibility index (Phi) is 4.17. The minimum Gasteiger partial charge on any atom is -0.454 e. The molecule has 3 unspecified atom stereocenters. The van der Waals surface area contributed by atoms with Gasteiger partial charge >= 0.3 is 0 Å². The Morgan fingerprint density at radius 3 is 2.96 bits per heavy atom. The molecular weight excluding hydrogens is 354 g/mol. The average Bonchev–Trinajstić information content (AvgIpc) is 3.46. The highest BCUT2D eigenvalue weighted by Crippen LogP contribution is 2.42. The SMILES string of the molecule is C=CCN=c1scc(-c2cc3ccccc3o2)n1N=CC1CC2C=CC1C2. The maximum Gasteiger partial charge on any atom is 0.206 e. The fourth-order valence-corrected chi connectivity index (χ4v) is 4.91. The number of nitrogens with zero attached hydrogens (tertiary/aromatic N) is 3. The van der Waals surface area contributed by atoms with Crippen molar-refractivity contribution in [1.29, 1.82) is 0 Å². The first-order valence-electron chi connectivity index (χ1n) is 9.35. The number of hydrogen-bond donors (Lipinski definition) is 0. The van der Waals surface area contributed by atoms with Crippen LogP contribution in [0.25, 0.3) is 22.4 Å². The normalized spacial score (nSPS) is 24.6. The van der Waals surface area contributed by atoms with Gasteiger partial charge in [0.05, 0.1) is 6.54 Å². The molecule has 2 aliphatic carbocycles. The Bertz CT molecular complexity index is 1080. The molecule has 5 rings (SSSR count). The van der Waals surface area contributed by atoms with E-state index in [9.17, 15) is 0 Å². The Morgan fingerprint density at radius 2 is 2.19 bits per heavy atom. The van der Waals surface area contributed by atoms with E-state index < -0.39 is 0 Å². The highest BCUT2D eigenvalue weighted by atomic mass is 32.1. The van der Waals surface area contributed by atoms with Gasteiger partial charge in [-0.1, -0.05) is 36.4 Å². The third kappa shape index (κ3) is 3.02. The van der Waals surface area contributed by atoms with Crippen LogP contribution in [0.4, 0.5) is 0 Å². The van der Waals surface area contributed by atoms with Crippen molar-refractivity contribution in [3.63, 3.8) is 0 Å². The summed E-state index contributed by atoms with van der Waals surface area (Å²) in [4.78, 5) is 5.47. The lowest BCUT2D eigenvalue weighted by atomic mass is 9.95. The third-order valence-electron chi connectivity index (χ3n) is 5.42. The van der Waals surface area contributed by atoms with E-state index in [1.54, 1.807) is 17.4 Å². The van der Waals surface area contributed by atoms with Crippen LogP contribution in [0.2, 0.25) is 0 Å². The molecule has 3 atom stereocenters. The Morgan fingerprint density at radius 1 is 1.26 bits per heavy atom. The van der Waals surface area contributed by atoms with E-state index in [-0.39, 0.29) is 0 Å². The van der Waals surface area contributed by atoms with Crippen LogP contribution in [-0.2, 0) is 0 Å². The summed E-state index contributed by atoms with van der Waals surface area (Å²) < 4.78 is 7.99. The van der Waals surface area contributed by atoms with Crippen molar-refractivity contribution < 1.29 is 4.42 Å². The summed E-state index contributed by atoms with van der Waals surface area (Å²) >= 11 is 1.58. The lowest BCUT2D eigenvalue weighted by Gasteiger charge is -2.12. The molecule has 5 heteroatoms. The number of benzene rings is 1. The molecule has 4 nitrogen and oxygen atoms in total. The maximum atomic E-state index is 6.07. The molecule has 0 N–H and O–H groups in total. The number of thiazole rings is 1. The number of aromatic nitrogens is 1. The number of para-hydroxylation sites is 1. The molecule has 2 heterocycles. The predicted molar refractivity (Wildman–Crippen MR) is 111 cm³/mol. The number of allylic oxidation sites excluding steroid dienone is 2. The second-order valence-electron chi connectivity index (χ2n) is 7.20. The molecule has 0 amide bonds. The van der Waals surface area contributed by atoms with Gasteiger partial charge in [-0.05, 0) is 36.8 Å². The summed E-state index contributed by atoms with van der Waals surface area (Å²) in [5.41, 5.74) is 1.83. The lowest BCUT2D eigenvalue weighted by molar-refractivity contribution is 0.588. The van der Waals surface area contributed by atoms with Gasteiger partial charge in [0.15, 0.2) is 5.76 Å². The Balaban J connectivity index is 1.56. The van der Waals surface area contributed by atoms with E-state index in [0.717, 1.165) is 33.1 Å². The van der Waals surface area contributed by atoms with E-state index in [4.69, 9.17) is 9.52 Å². The second kappa shape index (κ2) is 6.82. The first-order chi connectivity index (χ1) is 13.3. The Labute approximate surface area is 161 Å². The number of hydrogen-bond acceptors (Lipinski definition) is 4. The van der Waals surface area contributed by atoms with Gasteiger partial charge < -0.3 is 4.42 Å². The van der Waals surface area contributed by atoms with Crippen LogP contribution in [0, 0.1) is 17.8 Å². The summed E-state index contributed by atoms with van der Waals surface area (Å²) in [5.74, 6) is 2.71. The van der Waals surface area contributed by atoms with Gasteiger partial charge in [0.2, 0.25) is 4.80 Å². The van der Waals surface area contributed by atoms with Crippen molar-refractivity contribution >= 4 is 28.5 Å². The van der Waals surface area contributed by atoms with Crippen LogP contribution >= 0.6 is 11.3 Å². The summed E-state index contributed by atoms with van der Waals surface area (Å²) in [7, 11) is 0. The third-order valence-corrected chi connectivity index (χ3v) is 6.28. The summed E-state index contributed by atoms with van der Waals surface area (Å²) in [6.07, 6.45) is 11.1. The topological polar surface area (TPSA) is 42.8 Å². The zero-order valence-electron chi connectivity index (χ0n) is 15.0. The molecule has 1 aromatic carbocycles. The first kappa shape index (κ1) is 16.5. The van der Waals surface area contributed by atoms with E-state index in [1.165, 1.54) is 12.8 Å². The molecule has 2 aliphatic rings. The van der Waals surface area contributed by atoms with Crippen molar-refractivity contribution in [1.82, 2.24) is 4.68 Å². The monoisotopic (exact) mass is 375 g/mol. The first-order valence-corrected chi connectivity index (χ1v) is 10.2. The highest BCUT2D eigenvalue weighted by Gasteiger charge is 2.34. The lowest BCUT2D eigenvalue weighted by Crippen LogP contribution is -2.15. The summed E-state index contributed by atoms with van der Waals surface area (Å²) in [6.45, 7) is 4.35. The van der Waals surface area contributed by atoms with Crippen LogP contribution in [-0.4, -0.2) is 17.4 Å². The molecule has 0 radical (unpaired) electrons. The molecule has 2 aromatic heterocycles. The number of fused-ring (bicyclic) bond motifs is 3. The smallest absolute Gasteiger partial charge is 0.206 e. The quantitative estimate of drug-likeness (QED) is 0.452. The van der Waals surface area contributed by atoms with Crippen molar-refractivity contribution in [2.45, 2.75) is 12.8 Å². The minimum atomic E-state index is 0.517. The molecular formula is C22H21N3OS. The standard InChI is InChI=1S/C22H21N3OS/c1-2-9-23-22-25(24-13-18-11-15-7-8-16(18)10-15)19(14-27-22)21-12-17-5-3-4-6-20(17)26-21/h2-8,12-16,18H,1,9-11H2. The average molecular weight is 375 g/mol. The van der Waals surface area contributed by atoms with E-state index in [2.05, 4.69) is 47.5 Å². The zero-order valence-corrected chi connectivity index (χ0v) is 15.8. The van der Waals surface area contributed by atoms with Crippen molar-refractivity contribution in [3.8, 4) is 11.5 Å². The van der Waals surface area contributed by atoms with Gasteiger partial charge in [-0.25, -0.2) is 4.68 Å². The van der Waals surface area contributed by atoms with Gasteiger partial charge in [-0.2, -0.15) is 5.10 Å². The molecule has 0 aliphatic heterocycles. The zero-order chi connectivity index (χ0) is 18.2. The highest BCUT2D eigenvalue weighted by molar-refractivity contribution is 7.07. The summed E-state index contributed by atoms with van der Waals surface area (Å²) in [6, 6.07) is 10.1. The van der Waals surface area contributed by atoms with Crippen LogP contribution in [0.3, 0.4) is 0 Å². The van der Waals surface area contributed by atoms with E-state index >= 15 is 0 Å².